The van der Waals surface area contributed by atoms with Crippen molar-refractivity contribution in [2.24, 2.45) is 0 Å². The Morgan fingerprint density at radius 1 is 1.56 bits per heavy atom. The summed E-state index contributed by atoms with van der Waals surface area (Å²) in [4.78, 5) is 26.4. The second-order valence-corrected chi connectivity index (χ2v) is 3.44. The van der Waals surface area contributed by atoms with Crippen LogP contribution in [0.5, 0.6) is 0 Å². The van der Waals surface area contributed by atoms with E-state index in [0.717, 1.165) is 5.56 Å². The zero-order valence-electron chi connectivity index (χ0n) is 9.23. The Kier molecular flexibility index (Phi) is 3.99. The van der Waals surface area contributed by atoms with Crippen LogP contribution in [0.2, 0.25) is 0 Å². The van der Waals surface area contributed by atoms with Crippen LogP contribution in [0.15, 0.2) is 18.3 Å². The van der Waals surface area contributed by atoms with Gasteiger partial charge in [-0.2, -0.15) is 0 Å². The summed E-state index contributed by atoms with van der Waals surface area (Å²) in [5, 5.41) is 11.2. The lowest BCUT2D eigenvalue weighted by Crippen LogP contribution is -2.40. The smallest absolute Gasteiger partial charge is 0.326 e. The van der Waals surface area contributed by atoms with Gasteiger partial charge in [0.25, 0.3) is 5.91 Å². The van der Waals surface area contributed by atoms with Crippen LogP contribution in [0.3, 0.4) is 0 Å². The first-order valence-corrected chi connectivity index (χ1v) is 5.01. The van der Waals surface area contributed by atoms with Crippen LogP contribution >= 0.6 is 0 Å². The van der Waals surface area contributed by atoms with E-state index in [1.807, 2.05) is 0 Å². The summed E-state index contributed by atoms with van der Waals surface area (Å²) in [6.07, 6.45) is 1.84. The van der Waals surface area contributed by atoms with Crippen molar-refractivity contribution in [2.75, 3.05) is 0 Å². The molecule has 1 unspecified atom stereocenters. The monoisotopic (exact) mass is 222 g/mol. The number of pyridine rings is 1. The zero-order valence-corrected chi connectivity index (χ0v) is 9.23. The standard InChI is InChI=1S/C11H14N2O3/c1-3-8(11(15)16)13-10(14)9-7(2)5-4-6-12-9/h4-6,8H,3H2,1-2H3,(H,13,14)(H,15,16). The lowest BCUT2D eigenvalue weighted by atomic mass is 10.2. The molecule has 2 N–H and O–H groups in total. The van der Waals surface area contributed by atoms with Gasteiger partial charge < -0.3 is 10.4 Å². The molecule has 16 heavy (non-hydrogen) atoms. The van der Waals surface area contributed by atoms with Crippen molar-refractivity contribution >= 4 is 11.9 Å². The molecule has 0 fully saturated rings. The number of hydrogen-bond donors (Lipinski definition) is 2. The minimum atomic E-state index is -1.04. The molecule has 86 valence electrons. The Bertz CT molecular complexity index is 404. The van der Waals surface area contributed by atoms with Crippen molar-refractivity contribution in [1.29, 1.82) is 0 Å². The van der Waals surface area contributed by atoms with Gasteiger partial charge in [0.1, 0.15) is 11.7 Å². The van der Waals surface area contributed by atoms with Crippen molar-refractivity contribution in [1.82, 2.24) is 10.3 Å². The Morgan fingerprint density at radius 3 is 2.75 bits per heavy atom. The van der Waals surface area contributed by atoms with Crippen LogP contribution in [0.4, 0.5) is 0 Å². The molecule has 1 heterocycles. The summed E-state index contributed by atoms with van der Waals surface area (Å²) in [7, 11) is 0. The molecule has 0 aliphatic heterocycles. The number of carboxylic acid groups (broad SMARTS) is 1. The summed E-state index contributed by atoms with van der Waals surface area (Å²) >= 11 is 0. The first kappa shape index (κ1) is 12.2. The maximum Gasteiger partial charge on any atom is 0.326 e. The Balaban J connectivity index is 2.80. The maximum absolute atomic E-state index is 11.7. The van der Waals surface area contributed by atoms with Gasteiger partial charge in [-0.25, -0.2) is 4.79 Å². The van der Waals surface area contributed by atoms with Crippen LogP contribution in [0.25, 0.3) is 0 Å². The fraction of sp³-hybridized carbons (Fsp3) is 0.364. The van der Waals surface area contributed by atoms with Crippen LogP contribution in [-0.2, 0) is 4.79 Å². The van der Waals surface area contributed by atoms with E-state index in [4.69, 9.17) is 5.11 Å². The predicted molar refractivity (Wildman–Crippen MR) is 58.2 cm³/mol. The summed E-state index contributed by atoms with van der Waals surface area (Å²) in [6, 6.07) is 2.61. The molecule has 0 saturated carbocycles. The number of nitrogens with one attached hydrogen (secondary N) is 1. The number of aliphatic carboxylic acids is 1. The van der Waals surface area contributed by atoms with E-state index in [9.17, 15) is 9.59 Å². The first-order chi connectivity index (χ1) is 7.56. The van der Waals surface area contributed by atoms with Crippen molar-refractivity contribution < 1.29 is 14.7 Å². The second kappa shape index (κ2) is 5.25. The van der Waals surface area contributed by atoms with Gasteiger partial charge in [-0.15, -0.1) is 0 Å². The fourth-order valence-electron chi connectivity index (χ4n) is 1.29. The molecule has 1 aromatic rings. The lowest BCUT2D eigenvalue weighted by Gasteiger charge is -2.12. The van der Waals surface area contributed by atoms with Gasteiger partial charge in [-0.3, -0.25) is 9.78 Å². The fourth-order valence-corrected chi connectivity index (χ4v) is 1.29. The SMILES string of the molecule is CCC(NC(=O)c1ncccc1C)C(=O)O. The Labute approximate surface area is 93.5 Å². The maximum atomic E-state index is 11.7. The third-order valence-corrected chi connectivity index (χ3v) is 2.24. The molecule has 1 aromatic heterocycles. The highest BCUT2D eigenvalue weighted by Crippen LogP contribution is 2.03. The molecule has 0 aliphatic carbocycles. The Morgan fingerprint density at radius 2 is 2.25 bits per heavy atom. The van der Waals surface area contributed by atoms with E-state index in [1.165, 1.54) is 6.20 Å². The van der Waals surface area contributed by atoms with E-state index < -0.39 is 17.9 Å². The van der Waals surface area contributed by atoms with Crippen LogP contribution in [0, 0.1) is 6.92 Å². The normalized spacial score (nSPS) is 11.9. The molecule has 0 aromatic carbocycles. The molecule has 0 spiro atoms. The molecular weight excluding hydrogens is 208 g/mol. The molecule has 0 bridgehead atoms. The van der Waals surface area contributed by atoms with E-state index in [-0.39, 0.29) is 5.69 Å². The van der Waals surface area contributed by atoms with Crippen molar-refractivity contribution in [3.05, 3.63) is 29.6 Å². The highest BCUT2D eigenvalue weighted by Gasteiger charge is 2.19. The van der Waals surface area contributed by atoms with Crippen LogP contribution in [0.1, 0.15) is 29.4 Å². The molecule has 1 rings (SSSR count). The van der Waals surface area contributed by atoms with Crippen LogP contribution in [-0.4, -0.2) is 28.0 Å². The van der Waals surface area contributed by atoms with Crippen molar-refractivity contribution in [3.8, 4) is 0 Å². The summed E-state index contributed by atoms with van der Waals surface area (Å²) in [5.74, 6) is -1.49. The summed E-state index contributed by atoms with van der Waals surface area (Å²) in [5.41, 5.74) is 0.988. The van der Waals surface area contributed by atoms with E-state index >= 15 is 0 Å². The van der Waals surface area contributed by atoms with E-state index in [2.05, 4.69) is 10.3 Å². The number of nitrogens with zero attached hydrogens (tertiary/aromatic N) is 1. The van der Waals surface area contributed by atoms with Gasteiger partial charge in [0, 0.05) is 6.20 Å². The highest BCUT2D eigenvalue weighted by molar-refractivity contribution is 5.96. The molecule has 0 radical (unpaired) electrons. The molecule has 5 nitrogen and oxygen atoms in total. The number of hydrogen-bond acceptors (Lipinski definition) is 3. The van der Waals surface area contributed by atoms with E-state index in [0.29, 0.717) is 6.42 Å². The number of aryl methyl sites for hydroxylation is 1. The molecule has 0 aliphatic rings. The number of carbonyl (C=O) groups excluding carboxylic acids is 1. The van der Waals surface area contributed by atoms with Gasteiger partial charge in [0.05, 0.1) is 0 Å². The molecular formula is C11H14N2O3. The zero-order chi connectivity index (χ0) is 12.1. The quantitative estimate of drug-likeness (QED) is 0.796. The molecule has 5 heteroatoms. The third-order valence-electron chi connectivity index (χ3n) is 2.24. The van der Waals surface area contributed by atoms with Crippen molar-refractivity contribution in [3.63, 3.8) is 0 Å². The number of rotatable bonds is 4. The van der Waals surface area contributed by atoms with Gasteiger partial charge in [0.15, 0.2) is 0 Å². The highest BCUT2D eigenvalue weighted by atomic mass is 16.4. The largest absolute Gasteiger partial charge is 0.480 e. The second-order valence-electron chi connectivity index (χ2n) is 3.44. The number of carbonyl (C=O) groups is 2. The van der Waals surface area contributed by atoms with Gasteiger partial charge >= 0.3 is 5.97 Å². The van der Waals surface area contributed by atoms with E-state index in [1.54, 1.807) is 26.0 Å². The van der Waals surface area contributed by atoms with Gasteiger partial charge in [-0.1, -0.05) is 13.0 Å². The van der Waals surface area contributed by atoms with Gasteiger partial charge in [0.2, 0.25) is 0 Å². The molecule has 1 atom stereocenters. The van der Waals surface area contributed by atoms with Crippen LogP contribution < -0.4 is 5.32 Å². The average Bonchev–Trinajstić information content (AvgIpc) is 2.25. The van der Waals surface area contributed by atoms with Gasteiger partial charge in [-0.05, 0) is 25.0 Å². The third kappa shape index (κ3) is 2.79. The molecule has 1 amide bonds. The Hall–Kier alpha value is -1.91. The lowest BCUT2D eigenvalue weighted by molar-refractivity contribution is -0.139. The summed E-state index contributed by atoms with van der Waals surface area (Å²) in [6.45, 7) is 3.45. The number of amides is 1. The average molecular weight is 222 g/mol. The summed E-state index contributed by atoms with van der Waals surface area (Å²) < 4.78 is 0. The minimum absolute atomic E-state index is 0.266. The number of carboxylic acids is 1. The molecule has 0 saturated heterocycles. The van der Waals surface area contributed by atoms with Crippen molar-refractivity contribution in [2.45, 2.75) is 26.3 Å². The topological polar surface area (TPSA) is 79.3 Å². The minimum Gasteiger partial charge on any atom is -0.480 e. The predicted octanol–water partition coefficient (Wildman–Crippen LogP) is 0.983. The first-order valence-electron chi connectivity index (χ1n) is 5.01. The number of aromatic nitrogens is 1.